The van der Waals surface area contributed by atoms with E-state index in [1.54, 1.807) is 0 Å². The molecule has 0 saturated carbocycles. The smallest absolute Gasteiger partial charge is 0.0232 e. The van der Waals surface area contributed by atoms with E-state index in [1.165, 1.54) is 19.5 Å². The fourth-order valence-electron chi connectivity index (χ4n) is 1.97. The van der Waals surface area contributed by atoms with E-state index in [0.717, 1.165) is 12.0 Å². The fourth-order valence-corrected chi connectivity index (χ4v) is 1.97. The second kappa shape index (κ2) is 4.24. The van der Waals surface area contributed by atoms with Crippen molar-refractivity contribution in [1.29, 1.82) is 0 Å². The third-order valence-corrected chi connectivity index (χ3v) is 2.60. The zero-order valence-corrected chi connectivity index (χ0v) is 8.80. The minimum absolute atomic E-state index is 0.713. The number of hydrogen-bond acceptors (Lipinski definition) is 2. The third kappa shape index (κ3) is 2.76. The lowest BCUT2D eigenvalue weighted by atomic mass is 10.1. The highest BCUT2D eigenvalue weighted by Gasteiger charge is 2.23. The summed E-state index contributed by atoms with van der Waals surface area (Å²) >= 11 is 0. The maximum absolute atomic E-state index is 3.48. The van der Waals surface area contributed by atoms with Crippen molar-refractivity contribution in [2.24, 2.45) is 5.92 Å². The molecule has 0 aromatic heterocycles. The molecule has 0 bridgehead atoms. The highest BCUT2D eigenvalue weighted by molar-refractivity contribution is 4.84. The topological polar surface area (TPSA) is 15.3 Å². The van der Waals surface area contributed by atoms with Crippen molar-refractivity contribution >= 4 is 0 Å². The average Bonchev–Trinajstić information content (AvgIpc) is 2.34. The molecule has 1 N–H and O–H groups in total. The molecule has 0 amide bonds. The predicted octanol–water partition coefficient (Wildman–Crippen LogP) is 1.32. The Hall–Kier alpha value is -0.0800. The van der Waals surface area contributed by atoms with Crippen LogP contribution >= 0.6 is 0 Å². The molecule has 1 fully saturated rings. The summed E-state index contributed by atoms with van der Waals surface area (Å²) in [6.45, 7) is 9.22. The molecule has 1 aliphatic rings. The Balaban J connectivity index is 2.28. The van der Waals surface area contributed by atoms with Gasteiger partial charge in [-0.05, 0) is 26.3 Å². The first-order chi connectivity index (χ1) is 5.59. The van der Waals surface area contributed by atoms with E-state index in [9.17, 15) is 0 Å². The molecule has 2 unspecified atom stereocenters. The summed E-state index contributed by atoms with van der Waals surface area (Å²) in [6.07, 6.45) is 1.31. The van der Waals surface area contributed by atoms with Gasteiger partial charge in [-0.15, -0.1) is 0 Å². The van der Waals surface area contributed by atoms with E-state index < -0.39 is 0 Å². The Kier molecular flexibility index (Phi) is 3.53. The van der Waals surface area contributed by atoms with Crippen molar-refractivity contribution in [1.82, 2.24) is 10.2 Å². The van der Waals surface area contributed by atoms with Crippen LogP contribution in [-0.4, -0.2) is 37.1 Å². The largest absolute Gasteiger partial charge is 0.313 e. The second-order valence-corrected chi connectivity index (χ2v) is 4.53. The zero-order valence-electron chi connectivity index (χ0n) is 8.80. The van der Waals surface area contributed by atoms with Gasteiger partial charge in [-0.1, -0.05) is 13.8 Å². The fraction of sp³-hybridized carbons (Fsp3) is 1.00. The van der Waals surface area contributed by atoms with Crippen molar-refractivity contribution < 1.29 is 0 Å². The second-order valence-electron chi connectivity index (χ2n) is 4.53. The molecule has 1 saturated heterocycles. The molecular formula is C10H22N2. The predicted molar refractivity (Wildman–Crippen MR) is 53.3 cm³/mol. The summed E-state index contributed by atoms with van der Waals surface area (Å²) in [5, 5.41) is 3.48. The molecule has 12 heavy (non-hydrogen) atoms. The van der Waals surface area contributed by atoms with Crippen LogP contribution in [0.3, 0.4) is 0 Å². The van der Waals surface area contributed by atoms with Crippen LogP contribution in [0, 0.1) is 5.92 Å². The van der Waals surface area contributed by atoms with E-state index >= 15 is 0 Å². The van der Waals surface area contributed by atoms with Gasteiger partial charge < -0.3 is 10.2 Å². The van der Waals surface area contributed by atoms with Gasteiger partial charge in [0.25, 0.3) is 0 Å². The molecule has 2 heteroatoms. The molecule has 2 atom stereocenters. The Morgan fingerprint density at radius 1 is 1.50 bits per heavy atom. The van der Waals surface area contributed by atoms with Crippen molar-refractivity contribution in [2.75, 3.05) is 20.1 Å². The maximum Gasteiger partial charge on any atom is 0.0232 e. The summed E-state index contributed by atoms with van der Waals surface area (Å²) in [5.41, 5.74) is 0. The van der Waals surface area contributed by atoms with Crippen LogP contribution in [0.2, 0.25) is 0 Å². The molecule has 1 aliphatic heterocycles. The standard InChI is InChI=1S/C10H22N2/c1-8(2)7-12(4)10-5-9(3)11-6-10/h8-11H,5-7H2,1-4H3. The van der Waals surface area contributed by atoms with Gasteiger partial charge in [0, 0.05) is 25.2 Å². The highest BCUT2D eigenvalue weighted by Crippen LogP contribution is 2.12. The van der Waals surface area contributed by atoms with Gasteiger partial charge in [0.1, 0.15) is 0 Å². The molecule has 0 radical (unpaired) electrons. The zero-order chi connectivity index (χ0) is 9.14. The molecule has 0 aromatic carbocycles. The lowest BCUT2D eigenvalue weighted by Crippen LogP contribution is -2.35. The van der Waals surface area contributed by atoms with Gasteiger partial charge >= 0.3 is 0 Å². The first-order valence-electron chi connectivity index (χ1n) is 5.03. The minimum Gasteiger partial charge on any atom is -0.313 e. The number of nitrogens with zero attached hydrogens (tertiary/aromatic N) is 1. The Morgan fingerprint density at radius 2 is 2.17 bits per heavy atom. The van der Waals surface area contributed by atoms with Crippen molar-refractivity contribution in [3.05, 3.63) is 0 Å². The summed E-state index contributed by atoms with van der Waals surface area (Å²) in [7, 11) is 2.24. The van der Waals surface area contributed by atoms with Crippen LogP contribution in [0.15, 0.2) is 0 Å². The third-order valence-electron chi connectivity index (χ3n) is 2.60. The molecule has 0 spiro atoms. The molecule has 1 rings (SSSR count). The maximum atomic E-state index is 3.48. The van der Waals surface area contributed by atoms with E-state index in [1.807, 2.05) is 0 Å². The molecule has 0 aliphatic carbocycles. The number of hydrogen-bond donors (Lipinski definition) is 1. The van der Waals surface area contributed by atoms with Gasteiger partial charge in [0.15, 0.2) is 0 Å². The minimum atomic E-state index is 0.713. The van der Waals surface area contributed by atoms with Crippen LogP contribution in [0.5, 0.6) is 0 Å². The Morgan fingerprint density at radius 3 is 2.58 bits per heavy atom. The van der Waals surface area contributed by atoms with Crippen molar-refractivity contribution in [2.45, 2.75) is 39.3 Å². The first-order valence-corrected chi connectivity index (χ1v) is 5.03. The first kappa shape index (κ1) is 10.0. The SMILES string of the molecule is CC(C)CN(C)C1CNC(C)C1. The van der Waals surface area contributed by atoms with E-state index in [4.69, 9.17) is 0 Å². The van der Waals surface area contributed by atoms with Crippen molar-refractivity contribution in [3.63, 3.8) is 0 Å². The van der Waals surface area contributed by atoms with Crippen LogP contribution in [-0.2, 0) is 0 Å². The van der Waals surface area contributed by atoms with Gasteiger partial charge in [-0.3, -0.25) is 0 Å². The van der Waals surface area contributed by atoms with Gasteiger partial charge in [0.05, 0.1) is 0 Å². The lowest BCUT2D eigenvalue weighted by Gasteiger charge is -2.25. The quantitative estimate of drug-likeness (QED) is 0.687. The van der Waals surface area contributed by atoms with Crippen LogP contribution in [0.25, 0.3) is 0 Å². The summed E-state index contributed by atoms with van der Waals surface area (Å²) in [6, 6.07) is 1.48. The van der Waals surface area contributed by atoms with E-state index in [0.29, 0.717) is 6.04 Å². The van der Waals surface area contributed by atoms with E-state index in [-0.39, 0.29) is 0 Å². The highest BCUT2D eigenvalue weighted by atomic mass is 15.2. The molecule has 72 valence electrons. The van der Waals surface area contributed by atoms with Gasteiger partial charge in [0.2, 0.25) is 0 Å². The van der Waals surface area contributed by atoms with E-state index in [2.05, 4.69) is 38.0 Å². The van der Waals surface area contributed by atoms with Gasteiger partial charge in [-0.25, -0.2) is 0 Å². The molecule has 2 nitrogen and oxygen atoms in total. The summed E-state index contributed by atoms with van der Waals surface area (Å²) < 4.78 is 0. The Labute approximate surface area is 76.3 Å². The average molecular weight is 170 g/mol. The van der Waals surface area contributed by atoms with Crippen LogP contribution in [0.4, 0.5) is 0 Å². The van der Waals surface area contributed by atoms with Crippen LogP contribution in [0.1, 0.15) is 27.2 Å². The molecular weight excluding hydrogens is 148 g/mol. The summed E-state index contributed by atoms with van der Waals surface area (Å²) in [4.78, 5) is 2.49. The molecule has 0 aromatic rings. The lowest BCUT2D eigenvalue weighted by molar-refractivity contribution is 0.228. The number of rotatable bonds is 3. The number of nitrogens with one attached hydrogen (secondary N) is 1. The van der Waals surface area contributed by atoms with Crippen LogP contribution < -0.4 is 5.32 Å². The molecule has 1 heterocycles. The monoisotopic (exact) mass is 170 g/mol. The normalized spacial score (nSPS) is 30.5. The van der Waals surface area contributed by atoms with Crippen molar-refractivity contribution in [3.8, 4) is 0 Å². The van der Waals surface area contributed by atoms with Gasteiger partial charge in [-0.2, -0.15) is 0 Å². The summed E-state index contributed by atoms with van der Waals surface area (Å²) in [5.74, 6) is 0.783. The Bertz CT molecular complexity index is 134. The number of likely N-dealkylation sites (N-methyl/N-ethyl adjacent to an activating group) is 1.